The zero-order valence-corrected chi connectivity index (χ0v) is 17.8. The lowest BCUT2D eigenvalue weighted by Gasteiger charge is -2.16. The Hall–Kier alpha value is -3.16. The zero-order chi connectivity index (χ0) is 21.7. The molecule has 3 rings (SSSR count). The summed E-state index contributed by atoms with van der Waals surface area (Å²) in [5, 5.41) is 17.3. The highest BCUT2D eigenvalue weighted by molar-refractivity contribution is 6.42. The number of amides is 2. The zero-order valence-electron chi connectivity index (χ0n) is 16.3. The third-order valence-electron chi connectivity index (χ3n) is 4.30. The van der Waals surface area contributed by atoms with E-state index < -0.39 is 6.03 Å². The summed E-state index contributed by atoms with van der Waals surface area (Å²) in [6, 6.07) is 9.80. The van der Waals surface area contributed by atoms with Crippen LogP contribution in [0.2, 0.25) is 10.0 Å². The van der Waals surface area contributed by atoms with Crippen LogP contribution in [0.5, 0.6) is 0 Å². The van der Waals surface area contributed by atoms with Crippen LogP contribution in [-0.2, 0) is 0 Å². The number of carbonyl (C=O) groups is 1. The van der Waals surface area contributed by atoms with E-state index in [1.807, 2.05) is 26.0 Å². The first kappa shape index (κ1) is 21.5. The largest absolute Gasteiger partial charge is 0.354 e. The molecule has 0 radical (unpaired) electrons. The van der Waals surface area contributed by atoms with Gasteiger partial charge in [-0.1, -0.05) is 29.3 Å². The first-order valence-electron chi connectivity index (χ1n) is 9.08. The van der Waals surface area contributed by atoms with Gasteiger partial charge in [0.05, 0.1) is 28.0 Å². The van der Waals surface area contributed by atoms with Crippen molar-refractivity contribution in [3.63, 3.8) is 0 Å². The highest BCUT2D eigenvalue weighted by atomic mass is 35.5. The molecule has 30 heavy (non-hydrogen) atoms. The molecule has 7 nitrogen and oxygen atoms in total. The summed E-state index contributed by atoms with van der Waals surface area (Å²) in [4.78, 5) is 20.8. The molecule has 2 aromatic heterocycles. The summed E-state index contributed by atoms with van der Waals surface area (Å²) >= 11 is 12.0. The number of benzene rings is 1. The lowest BCUT2D eigenvalue weighted by atomic mass is 10.1. The Labute approximate surface area is 184 Å². The van der Waals surface area contributed by atoms with Gasteiger partial charge in [-0.2, -0.15) is 0 Å². The molecule has 3 aromatic rings. The minimum atomic E-state index is -0.428. The van der Waals surface area contributed by atoms with Crippen molar-refractivity contribution >= 4 is 52.6 Å². The van der Waals surface area contributed by atoms with Gasteiger partial charge in [0, 0.05) is 29.4 Å². The predicted octanol–water partition coefficient (Wildman–Crippen LogP) is 5.72. The number of aryl methyl sites for hydroxylation is 1. The number of hydrogen-bond acceptors (Lipinski definition) is 5. The summed E-state index contributed by atoms with van der Waals surface area (Å²) in [7, 11) is 0. The van der Waals surface area contributed by atoms with Crippen molar-refractivity contribution in [1.82, 2.24) is 15.3 Å². The van der Waals surface area contributed by atoms with Crippen LogP contribution in [0.15, 0.2) is 48.8 Å². The quantitative estimate of drug-likeness (QED) is 0.366. The van der Waals surface area contributed by atoms with E-state index in [1.54, 1.807) is 36.7 Å². The Kier molecular flexibility index (Phi) is 6.87. The highest BCUT2D eigenvalue weighted by Crippen LogP contribution is 2.26. The number of pyridine rings is 2. The molecule has 0 aliphatic carbocycles. The summed E-state index contributed by atoms with van der Waals surface area (Å²) in [5.74, 6) is 0.323. The van der Waals surface area contributed by atoms with Crippen LogP contribution in [0.25, 0.3) is 0 Å². The Morgan fingerprint density at radius 1 is 1.13 bits per heavy atom. The third kappa shape index (κ3) is 5.46. The smallest absolute Gasteiger partial charge is 0.320 e. The van der Waals surface area contributed by atoms with Gasteiger partial charge < -0.3 is 16.0 Å². The molecular formula is C21H20Cl2N6O. The fourth-order valence-electron chi connectivity index (χ4n) is 2.76. The average molecular weight is 443 g/mol. The molecule has 0 unspecified atom stereocenters. The van der Waals surface area contributed by atoms with Crippen LogP contribution in [0, 0.1) is 12.3 Å². The molecule has 0 saturated heterocycles. The van der Waals surface area contributed by atoms with Crippen LogP contribution in [0.3, 0.4) is 0 Å². The topological polar surface area (TPSA) is 103 Å². The van der Waals surface area contributed by atoms with E-state index in [2.05, 4.69) is 25.9 Å². The SMILES string of the molecule is Cc1cc(Nc2cnc(NC(=O)N[C@H](C)c3ccc(Cl)c(Cl)c3)cc2C=N)ccn1. The summed E-state index contributed by atoms with van der Waals surface area (Å²) in [6.07, 6.45) is 4.46. The molecule has 0 spiro atoms. The number of urea groups is 1. The third-order valence-corrected chi connectivity index (χ3v) is 5.04. The average Bonchev–Trinajstić information content (AvgIpc) is 2.71. The molecule has 154 valence electrons. The van der Waals surface area contributed by atoms with Crippen molar-refractivity contribution in [1.29, 1.82) is 5.41 Å². The first-order chi connectivity index (χ1) is 14.4. The van der Waals surface area contributed by atoms with Gasteiger partial charge >= 0.3 is 6.03 Å². The Balaban J connectivity index is 1.67. The molecule has 1 atom stereocenters. The highest BCUT2D eigenvalue weighted by Gasteiger charge is 2.12. The molecule has 0 aliphatic rings. The van der Waals surface area contributed by atoms with E-state index >= 15 is 0 Å². The van der Waals surface area contributed by atoms with E-state index in [0.717, 1.165) is 16.9 Å². The van der Waals surface area contributed by atoms with Crippen LogP contribution < -0.4 is 16.0 Å². The van der Waals surface area contributed by atoms with Gasteiger partial charge in [-0.15, -0.1) is 0 Å². The molecule has 4 N–H and O–H groups in total. The number of aromatic nitrogens is 2. The maximum Gasteiger partial charge on any atom is 0.320 e. The number of hydrogen-bond donors (Lipinski definition) is 4. The van der Waals surface area contributed by atoms with E-state index in [0.29, 0.717) is 27.1 Å². The number of anilines is 3. The Morgan fingerprint density at radius 2 is 1.93 bits per heavy atom. The fraction of sp³-hybridized carbons (Fsp3) is 0.143. The normalized spacial score (nSPS) is 11.5. The monoisotopic (exact) mass is 442 g/mol. The standard InChI is InChI=1S/C21H20Cl2N6O/c1-12-7-16(5-6-25-12)28-19-11-26-20(9-15(19)10-24)29-21(30)27-13(2)14-3-4-17(22)18(23)8-14/h3-11,13,24H,1-2H3,(H,25,28)(H2,26,27,29,30)/t13-/m1/s1. The van der Waals surface area contributed by atoms with Gasteiger partial charge in [0.15, 0.2) is 0 Å². The maximum absolute atomic E-state index is 12.4. The van der Waals surface area contributed by atoms with Gasteiger partial charge in [0.25, 0.3) is 0 Å². The number of rotatable bonds is 6. The van der Waals surface area contributed by atoms with Gasteiger partial charge in [-0.25, -0.2) is 9.78 Å². The molecule has 0 saturated carbocycles. The lowest BCUT2D eigenvalue weighted by Crippen LogP contribution is -2.31. The number of halogens is 2. The Bertz CT molecular complexity index is 1090. The molecule has 2 heterocycles. The van der Waals surface area contributed by atoms with Crippen LogP contribution >= 0.6 is 23.2 Å². The molecule has 9 heteroatoms. The second-order valence-corrected chi connectivity index (χ2v) is 7.42. The molecule has 0 bridgehead atoms. The van der Waals surface area contributed by atoms with Crippen LogP contribution in [-0.4, -0.2) is 22.2 Å². The van der Waals surface area contributed by atoms with E-state index in [9.17, 15) is 4.79 Å². The van der Waals surface area contributed by atoms with Crippen molar-refractivity contribution in [3.05, 3.63) is 75.7 Å². The number of nitrogens with zero attached hydrogens (tertiary/aromatic N) is 2. The van der Waals surface area contributed by atoms with Crippen molar-refractivity contribution in [3.8, 4) is 0 Å². The minimum absolute atomic E-state index is 0.294. The van der Waals surface area contributed by atoms with Gasteiger partial charge in [-0.05, 0) is 49.7 Å². The maximum atomic E-state index is 12.4. The van der Waals surface area contributed by atoms with E-state index in [1.165, 1.54) is 6.21 Å². The molecule has 1 aromatic carbocycles. The minimum Gasteiger partial charge on any atom is -0.354 e. The summed E-state index contributed by atoms with van der Waals surface area (Å²) in [6.45, 7) is 3.73. The van der Waals surface area contributed by atoms with Crippen molar-refractivity contribution in [2.75, 3.05) is 10.6 Å². The van der Waals surface area contributed by atoms with E-state index in [-0.39, 0.29) is 6.04 Å². The molecule has 0 fully saturated rings. The molecule has 2 amide bonds. The Morgan fingerprint density at radius 3 is 2.63 bits per heavy atom. The fourth-order valence-corrected chi connectivity index (χ4v) is 3.06. The van der Waals surface area contributed by atoms with Crippen molar-refractivity contribution < 1.29 is 4.79 Å². The number of nitrogens with one attached hydrogen (secondary N) is 4. The van der Waals surface area contributed by atoms with Gasteiger partial charge in [0.1, 0.15) is 5.82 Å². The van der Waals surface area contributed by atoms with Crippen LogP contribution in [0.1, 0.15) is 29.8 Å². The van der Waals surface area contributed by atoms with Gasteiger partial charge in [-0.3, -0.25) is 10.3 Å². The molecular weight excluding hydrogens is 423 g/mol. The second kappa shape index (κ2) is 9.56. The lowest BCUT2D eigenvalue weighted by molar-refractivity contribution is 0.249. The van der Waals surface area contributed by atoms with Crippen molar-refractivity contribution in [2.24, 2.45) is 0 Å². The van der Waals surface area contributed by atoms with Gasteiger partial charge in [0.2, 0.25) is 0 Å². The summed E-state index contributed by atoms with van der Waals surface area (Å²) in [5.41, 5.74) is 3.75. The van der Waals surface area contributed by atoms with Crippen molar-refractivity contribution in [2.45, 2.75) is 19.9 Å². The first-order valence-corrected chi connectivity index (χ1v) is 9.84. The molecule has 0 aliphatic heterocycles. The predicted molar refractivity (Wildman–Crippen MR) is 121 cm³/mol. The number of carbonyl (C=O) groups excluding carboxylic acids is 1. The second-order valence-electron chi connectivity index (χ2n) is 6.61. The summed E-state index contributed by atoms with van der Waals surface area (Å²) < 4.78 is 0. The van der Waals surface area contributed by atoms with Crippen LogP contribution in [0.4, 0.5) is 22.0 Å². The van der Waals surface area contributed by atoms with E-state index in [4.69, 9.17) is 28.6 Å².